The van der Waals surface area contributed by atoms with Gasteiger partial charge in [0.15, 0.2) is 0 Å². The summed E-state index contributed by atoms with van der Waals surface area (Å²) in [7, 11) is 0. The number of benzene rings is 1. The van der Waals surface area contributed by atoms with Crippen LogP contribution in [-0.2, 0) is 11.2 Å². The van der Waals surface area contributed by atoms with Crippen LogP contribution in [0, 0.1) is 0 Å². The van der Waals surface area contributed by atoms with E-state index in [-0.39, 0.29) is 6.04 Å². The largest absolute Gasteiger partial charge is 0.489 e. The number of hydrogen-bond acceptors (Lipinski definition) is 3. The van der Waals surface area contributed by atoms with E-state index in [1.165, 1.54) is 5.56 Å². The molecular weight excluding hydrogens is 398 g/mol. The molecular formula is C16H25Br2NO2. The van der Waals surface area contributed by atoms with Crippen LogP contribution >= 0.6 is 31.9 Å². The minimum Gasteiger partial charge on any atom is -0.489 e. The Labute approximate surface area is 144 Å². The summed E-state index contributed by atoms with van der Waals surface area (Å²) >= 11 is 7.13. The summed E-state index contributed by atoms with van der Waals surface area (Å²) in [6, 6.07) is 4.35. The molecule has 120 valence electrons. The van der Waals surface area contributed by atoms with Crippen molar-refractivity contribution >= 4 is 31.9 Å². The number of hydrogen-bond donors (Lipinski definition) is 1. The zero-order valence-electron chi connectivity index (χ0n) is 12.8. The lowest BCUT2D eigenvalue weighted by Gasteiger charge is -2.14. The molecule has 0 aliphatic rings. The number of nitrogens with two attached hydrogens (primary N) is 1. The Morgan fingerprint density at radius 2 is 1.76 bits per heavy atom. The Hall–Kier alpha value is -0.100. The lowest BCUT2D eigenvalue weighted by Crippen LogP contribution is -2.21. The molecule has 0 amide bonds. The van der Waals surface area contributed by atoms with Gasteiger partial charge in [-0.05, 0) is 68.8 Å². The van der Waals surface area contributed by atoms with E-state index in [2.05, 4.69) is 57.8 Å². The quantitative estimate of drug-likeness (QED) is 0.556. The summed E-state index contributed by atoms with van der Waals surface area (Å²) in [5.41, 5.74) is 7.21. The molecule has 3 nitrogen and oxygen atoms in total. The third-order valence-electron chi connectivity index (χ3n) is 3.20. The number of unbranched alkanes of at least 4 members (excludes halogenated alkanes) is 1. The maximum atomic E-state index is 6.00. The molecule has 0 radical (unpaired) electrons. The van der Waals surface area contributed by atoms with Crippen molar-refractivity contribution in [3.05, 3.63) is 26.6 Å². The van der Waals surface area contributed by atoms with Crippen LogP contribution < -0.4 is 10.5 Å². The summed E-state index contributed by atoms with van der Waals surface area (Å²) in [5.74, 6) is 0.822. The average molecular weight is 423 g/mol. The molecule has 0 fully saturated rings. The van der Waals surface area contributed by atoms with Gasteiger partial charge in [-0.3, -0.25) is 0 Å². The molecule has 0 bridgehead atoms. The zero-order chi connectivity index (χ0) is 15.7. The monoisotopic (exact) mass is 421 g/mol. The highest BCUT2D eigenvalue weighted by Crippen LogP contribution is 2.35. The number of rotatable bonds is 10. The van der Waals surface area contributed by atoms with Gasteiger partial charge < -0.3 is 15.2 Å². The standard InChI is InChI=1S/C16H25Br2NO2/c1-3-5-6-20-7-8-21-16-14(17)10-12(11-15(16)18)9-13(19)4-2/h10-11,13H,3-9,19H2,1-2H3. The molecule has 1 atom stereocenters. The molecule has 0 aliphatic heterocycles. The number of ether oxygens (including phenoxy) is 2. The van der Waals surface area contributed by atoms with Crippen LogP contribution in [-0.4, -0.2) is 25.9 Å². The van der Waals surface area contributed by atoms with Crippen molar-refractivity contribution < 1.29 is 9.47 Å². The first-order valence-electron chi connectivity index (χ1n) is 7.52. The van der Waals surface area contributed by atoms with Crippen LogP contribution in [0.5, 0.6) is 5.75 Å². The SMILES string of the molecule is CCCCOCCOc1c(Br)cc(CC(N)CC)cc1Br. The van der Waals surface area contributed by atoms with Gasteiger partial charge in [0.2, 0.25) is 0 Å². The Kier molecular flexibility index (Phi) is 9.56. The van der Waals surface area contributed by atoms with E-state index in [4.69, 9.17) is 15.2 Å². The second kappa shape index (κ2) is 10.6. The molecule has 0 saturated carbocycles. The smallest absolute Gasteiger partial charge is 0.147 e. The highest BCUT2D eigenvalue weighted by molar-refractivity contribution is 9.11. The molecule has 2 N–H and O–H groups in total. The van der Waals surface area contributed by atoms with Gasteiger partial charge >= 0.3 is 0 Å². The van der Waals surface area contributed by atoms with E-state index < -0.39 is 0 Å². The van der Waals surface area contributed by atoms with Crippen molar-refractivity contribution in [3.63, 3.8) is 0 Å². The summed E-state index contributed by atoms with van der Waals surface area (Å²) in [6.45, 7) is 6.22. The Bertz CT molecular complexity index is 404. The average Bonchev–Trinajstić information content (AvgIpc) is 2.44. The van der Waals surface area contributed by atoms with Crippen LogP contribution in [0.2, 0.25) is 0 Å². The first-order chi connectivity index (χ1) is 10.1. The summed E-state index contributed by atoms with van der Waals surface area (Å²) in [6.07, 6.45) is 4.09. The van der Waals surface area contributed by atoms with Gasteiger partial charge in [-0.1, -0.05) is 20.3 Å². The number of halogens is 2. The highest BCUT2D eigenvalue weighted by Gasteiger charge is 2.11. The van der Waals surface area contributed by atoms with Crippen molar-refractivity contribution in [2.75, 3.05) is 19.8 Å². The van der Waals surface area contributed by atoms with Crippen molar-refractivity contribution in [2.45, 2.75) is 45.6 Å². The van der Waals surface area contributed by atoms with Crippen LogP contribution in [0.1, 0.15) is 38.7 Å². The third kappa shape index (κ3) is 7.13. The second-order valence-corrected chi connectivity index (χ2v) is 6.78. The Morgan fingerprint density at radius 1 is 1.10 bits per heavy atom. The normalized spacial score (nSPS) is 12.4. The first kappa shape index (κ1) is 18.9. The lowest BCUT2D eigenvalue weighted by atomic mass is 10.0. The fourth-order valence-electron chi connectivity index (χ4n) is 1.87. The predicted molar refractivity (Wildman–Crippen MR) is 95.0 cm³/mol. The predicted octanol–water partition coefficient (Wildman–Crippen LogP) is 4.69. The van der Waals surface area contributed by atoms with Crippen LogP contribution in [0.15, 0.2) is 21.1 Å². The minimum atomic E-state index is 0.197. The molecule has 1 aromatic carbocycles. The van der Waals surface area contributed by atoms with E-state index in [0.717, 1.165) is 47.0 Å². The van der Waals surface area contributed by atoms with Crippen LogP contribution in [0.3, 0.4) is 0 Å². The third-order valence-corrected chi connectivity index (χ3v) is 4.37. The topological polar surface area (TPSA) is 44.5 Å². The molecule has 21 heavy (non-hydrogen) atoms. The summed E-state index contributed by atoms with van der Waals surface area (Å²) < 4.78 is 13.2. The summed E-state index contributed by atoms with van der Waals surface area (Å²) in [5, 5.41) is 0. The molecule has 0 aliphatic carbocycles. The molecule has 5 heteroatoms. The van der Waals surface area contributed by atoms with E-state index >= 15 is 0 Å². The summed E-state index contributed by atoms with van der Waals surface area (Å²) in [4.78, 5) is 0. The van der Waals surface area contributed by atoms with Gasteiger partial charge in [0.1, 0.15) is 12.4 Å². The van der Waals surface area contributed by atoms with Gasteiger partial charge in [0, 0.05) is 12.6 Å². The van der Waals surface area contributed by atoms with E-state index in [1.807, 2.05) is 0 Å². The van der Waals surface area contributed by atoms with Crippen LogP contribution in [0.4, 0.5) is 0 Å². The second-order valence-electron chi connectivity index (χ2n) is 5.08. The zero-order valence-corrected chi connectivity index (χ0v) is 16.0. The minimum absolute atomic E-state index is 0.197. The van der Waals surface area contributed by atoms with E-state index in [0.29, 0.717) is 13.2 Å². The maximum Gasteiger partial charge on any atom is 0.147 e. The Balaban J connectivity index is 2.51. The van der Waals surface area contributed by atoms with Gasteiger partial charge in [-0.15, -0.1) is 0 Å². The van der Waals surface area contributed by atoms with Crippen molar-refractivity contribution in [2.24, 2.45) is 5.73 Å². The van der Waals surface area contributed by atoms with Gasteiger partial charge in [-0.25, -0.2) is 0 Å². The van der Waals surface area contributed by atoms with E-state index in [1.54, 1.807) is 0 Å². The molecule has 1 unspecified atom stereocenters. The first-order valence-corrected chi connectivity index (χ1v) is 9.11. The molecule has 0 spiro atoms. The van der Waals surface area contributed by atoms with Crippen LogP contribution in [0.25, 0.3) is 0 Å². The molecule has 0 heterocycles. The fraction of sp³-hybridized carbons (Fsp3) is 0.625. The van der Waals surface area contributed by atoms with Gasteiger partial charge in [-0.2, -0.15) is 0 Å². The Morgan fingerprint density at radius 3 is 2.33 bits per heavy atom. The van der Waals surface area contributed by atoms with E-state index in [9.17, 15) is 0 Å². The molecule has 0 aromatic heterocycles. The fourth-order valence-corrected chi connectivity index (χ4v) is 3.38. The van der Waals surface area contributed by atoms with Gasteiger partial charge in [0.05, 0.1) is 15.6 Å². The van der Waals surface area contributed by atoms with Gasteiger partial charge in [0.25, 0.3) is 0 Å². The maximum absolute atomic E-state index is 6.00. The molecule has 1 rings (SSSR count). The van der Waals surface area contributed by atoms with Crippen molar-refractivity contribution in [1.82, 2.24) is 0 Å². The highest BCUT2D eigenvalue weighted by atomic mass is 79.9. The molecule has 1 aromatic rings. The van der Waals surface area contributed by atoms with Crippen molar-refractivity contribution in [3.8, 4) is 5.75 Å². The lowest BCUT2D eigenvalue weighted by molar-refractivity contribution is 0.0975. The molecule has 0 saturated heterocycles. The van der Waals surface area contributed by atoms with Crippen molar-refractivity contribution in [1.29, 1.82) is 0 Å².